The molecule has 6 heteroatoms. The molecule has 0 saturated carbocycles. The Morgan fingerprint density at radius 1 is 1.05 bits per heavy atom. The second-order valence-corrected chi connectivity index (χ2v) is 5.95. The second-order valence-electron chi connectivity index (χ2n) is 4.56. The average molecular weight is 303 g/mol. The molecule has 0 spiro atoms. The van der Waals surface area contributed by atoms with Crippen molar-refractivity contribution in [2.75, 3.05) is 0 Å². The fourth-order valence-corrected chi connectivity index (χ4v) is 2.96. The molecule has 0 fully saturated rings. The van der Waals surface area contributed by atoms with Gasteiger partial charge in [-0.25, -0.2) is 4.39 Å². The predicted molar refractivity (Wildman–Crippen MR) is 77.0 cm³/mol. The molecule has 0 aliphatic carbocycles. The molecule has 0 radical (unpaired) electrons. The summed E-state index contributed by atoms with van der Waals surface area (Å²) < 4.78 is 45.8. The van der Waals surface area contributed by atoms with Gasteiger partial charge in [0.25, 0.3) is 10.1 Å². The molecule has 4 nitrogen and oxygen atoms in total. The maximum atomic E-state index is 13.3. The Bertz CT molecular complexity index is 939. The van der Waals surface area contributed by atoms with Crippen LogP contribution < -0.4 is 0 Å². The van der Waals surface area contributed by atoms with Gasteiger partial charge in [0, 0.05) is 23.2 Å². The molecule has 106 valence electrons. The highest BCUT2D eigenvalue weighted by Crippen LogP contribution is 2.30. The molecule has 0 bridgehead atoms. The zero-order valence-electron chi connectivity index (χ0n) is 10.7. The van der Waals surface area contributed by atoms with Gasteiger partial charge in [-0.3, -0.25) is 9.54 Å². The number of aromatic nitrogens is 1. The lowest BCUT2D eigenvalue weighted by atomic mass is 10.0. The smallest absolute Gasteiger partial charge is 0.282 e. The first-order valence-corrected chi connectivity index (χ1v) is 7.50. The van der Waals surface area contributed by atoms with Crippen molar-refractivity contribution in [3.63, 3.8) is 0 Å². The number of hydrogen-bond donors (Lipinski definition) is 1. The zero-order valence-corrected chi connectivity index (χ0v) is 11.5. The third-order valence-corrected chi connectivity index (χ3v) is 4.04. The second kappa shape index (κ2) is 4.91. The maximum absolute atomic E-state index is 13.3. The van der Waals surface area contributed by atoms with Crippen LogP contribution >= 0.6 is 0 Å². The van der Waals surface area contributed by atoms with Crippen molar-refractivity contribution >= 4 is 20.9 Å². The highest BCUT2D eigenvalue weighted by molar-refractivity contribution is 7.86. The van der Waals surface area contributed by atoms with Crippen LogP contribution in [0.4, 0.5) is 4.39 Å². The fourth-order valence-electron chi connectivity index (χ4n) is 2.22. The topological polar surface area (TPSA) is 67.3 Å². The van der Waals surface area contributed by atoms with Crippen LogP contribution in [0.15, 0.2) is 59.8 Å². The first-order valence-electron chi connectivity index (χ1n) is 6.06. The first kappa shape index (κ1) is 13.7. The van der Waals surface area contributed by atoms with E-state index < -0.39 is 15.9 Å². The Morgan fingerprint density at radius 2 is 1.86 bits per heavy atom. The monoisotopic (exact) mass is 303 g/mol. The van der Waals surface area contributed by atoms with E-state index in [0.29, 0.717) is 21.9 Å². The van der Waals surface area contributed by atoms with E-state index in [2.05, 4.69) is 4.98 Å². The van der Waals surface area contributed by atoms with E-state index in [1.807, 2.05) is 0 Å². The lowest BCUT2D eigenvalue weighted by molar-refractivity contribution is 0.484. The molecule has 0 aliphatic heterocycles. The molecular weight excluding hydrogens is 293 g/mol. The van der Waals surface area contributed by atoms with Crippen molar-refractivity contribution in [1.82, 2.24) is 4.98 Å². The van der Waals surface area contributed by atoms with Crippen LogP contribution in [-0.2, 0) is 10.1 Å². The van der Waals surface area contributed by atoms with E-state index in [0.717, 1.165) is 0 Å². The summed E-state index contributed by atoms with van der Waals surface area (Å²) in [5.74, 6) is -0.424. The molecule has 0 unspecified atom stereocenters. The highest BCUT2D eigenvalue weighted by Gasteiger charge is 2.16. The Morgan fingerprint density at radius 3 is 2.57 bits per heavy atom. The van der Waals surface area contributed by atoms with Gasteiger partial charge in [-0.2, -0.15) is 8.42 Å². The van der Waals surface area contributed by atoms with Crippen LogP contribution in [0.1, 0.15) is 0 Å². The van der Waals surface area contributed by atoms with Crippen LogP contribution in [0.25, 0.3) is 21.9 Å². The molecule has 1 heterocycles. The zero-order chi connectivity index (χ0) is 15.0. The number of nitrogens with zero attached hydrogens (tertiary/aromatic N) is 1. The fraction of sp³-hybridized carbons (Fsp3) is 0. The Balaban J connectivity index is 2.36. The SMILES string of the molecule is O=S(=O)(O)c1cc(-c2cccc(F)c2)cc2cnccc12. The molecule has 0 saturated heterocycles. The van der Waals surface area contributed by atoms with Gasteiger partial charge in [0.2, 0.25) is 0 Å². The van der Waals surface area contributed by atoms with Crippen LogP contribution in [0.3, 0.4) is 0 Å². The van der Waals surface area contributed by atoms with E-state index in [1.165, 1.54) is 42.7 Å². The van der Waals surface area contributed by atoms with Crippen LogP contribution in [0.5, 0.6) is 0 Å². The largest absolute Gasteiger partial charge is 0.295 e. The van der Waals surface area contributed by atoms with E-state index in [4.69, 9.17) is 0 Å². The van der Waals surface area contributed by atoms with Crippen molar-refractivity contribution in [2.24, 2.45) is 0 Å². The highest BCUT2D eigenvalue weighted by atomic mass is 32.2. The quantitative estimate of drug-likeness (QED) is 0.738. The van der Waals surface area contributed by atoms with Gasteiger partial charge in [-0.1, -0.05) is 12.1 Å². The summed E-state index contributed by atoms with van der Waals surface area (Å²) in [4.78, 5) is 3.72. The van der Waals surface area contributed by atoms with E-state index in [9.17, 15) is 17.4 Å². The molecule has 2 aromatic carbocycles. The number of halogens is 1. The van der Waals surface area contributed by atoms with Gasteiger partial charge in [0.05, 0.1) is 0 Å². The van der Waals surface area contributed by atoms with Gasteiger partial charge in [0.15, 0.2) is 0 Å². The lowest BCUT2D eigenvalue weighted by Crippen LogP contribution is -2.00. The van der Waals surface area contributed by atoms with Crippen molar-refractivity contribution in [3.05, 3.63) is 60.7 Å². The van der Waals surface area contributed by atoms with Gasteiger partial charge in [-0.15, -0.1) is 0 Å². The molecule has 0 aliphatic rings. The summed E-state index contributed by atoms with van der Waals surface area (Å²) >= 11 is 0. The van der Waals surface area contributed by atoms with Gasteiger partial charge >= 0.3 is 0 Å². The summed E-state index contributed by atoms with van der Waals surface area (Å²) in [5.41, 5.74) is 1.01. The van der Waals surface area contributed by atoms with Crippen molar-refractivity contribution in [1.29, 1.82) is 0 Å². The minimum atomic E-state index is -4.39. The summed E-state index contributed by atoms with van der Waals surface area (Å²) in [6.45, 7) is 0. The summed E-state index contributed by atoms with van der Waals surface area (Å²) in [7, 11) is -4.39. The molecule has 1 aromatic heterocycles. The number of rotatable bonds is 2. The third-order valence-electron chi connectivity index (χ3n) is 3.15. The molecule has 3 aromatic rings. The standard InChI is InChI=1S/C15H10FNO3S/c16-13-3-1-2-10(7-13)11-6-12-9-17-5-4-14(12)15(8-11)21(18,19)20/h1-9H,(H,18,19,20). The number of fused-ring (bicyclic) bond motifs is 1. The third kappa shape index (κ3) is 2.63. The molecule has 0 amide bonds. The Kier molecular flexibility index (Phi) is 3.19. The lowest BCUT2D eigenvalue weighted by Gasteiger charge is -2.08. The average Bonchev–Trinajstić information content (AvgIpc) is 2.45. The summed E-state index contributed by atoms with van der Waals surface area (Å²) in [6, 6.07) is 10.3. The van der Waals surface area contributed by atoms with Crippen molar-refractivity contribution in [2.45, 2.75) is 4.90 Å². The minimum absolute atomic E-state index is 0.221. The van der Waals surface area contributed by atoms with Crippen LogP contribution in [0, 0.1) is 5.82 Å². The van der Waals surface area contributed by atoms with Crippen molar-refractivity contribution in [3.8, 4) is 11.1 Å². The predicted octanol–water partition coefficient (Wildman–Crippen LogP) is 3.29. The van der Waals surface area contributed by atoms with Crippen LogP contribution in [-0.4, -0.2) is 18.0 Å². The number of hydrogen-bond acceptors (Lipinski definition) is 3. The summed E-state index contributed by atoms with van der Waals surface area (Å²) in [6.07, 6.45) is 2.94. The molecular formula is C15H10FNO3S. The normalized spacial score (nSPS) is 11.7. The molecule has 21 heavy (non-hydrogen) atoms. The van der Waals surface area contributed by atoms with Gasteiger partial charge < -0.3 is 0 Å². The first-order chi connectivity index (χ1) is 9.95. The molecule has 0 atom stereocenters. The maximum Gasteiger partial charge on any atom is 0.295 e. The van der Waals surface area contributed by atoms with Crippen LogP contribution in [0.2, 0.25) is 0 Å². The van der Waals surface area contributed by atoms with Crippen molar-refractivity contribution < 1.29 is 17.4 Å². The Labute approximate surface area is 120 Å². The Hall–Kier alpha value is -2.31. The number of pyridine rings is 1. The molecule has 3 rings (SSSR count). The van der Waals surface area contributed by atoms with E-state index in [-0.39, 0.29) is 4.90 Å². The summed E-state index contributed by atoms with van der Waals surface area (Å²) in [5, 5.41) is 0.916. The van der Waals surface area contributed by atoms with E-state index in [1.54, 1.807) is 12.1 Å². The number of benzene rings is 2. The van der Waals surface area contributed by atoms with Gasteiger partial charge in [0.1, 0.15) is 10.7 Å². The van der Waals surface area contributed by atoms with E-state index >= 15 is 0 Å². The van der Waals surface area contributed by atoms with Gasteiger partial charge in [-0.05, 0) is 41.5 Å². The molecule has 1 N–H and O–H groups in total. The minimum Gasteiger partial charge on any atom is -0.282 e.